The summed E-state index contributed by atoms with van der Waals surface area (Å²) in [6.45, 7) is 2.59. The van der Waals surface area contributed by atoms with E-state index < -0.39 is 10.0 Å². The van der Waals surface area contributed by atoms with Crippen molar-refractivity contribution >= 4 is 21.6 Å². The zero-order chi connectivity index (χ0) is 20.4. The van der Waals surface area contributed by atoms with Crippen molar-refractivity contribution in [2.45, 2.75) is 36.3 Å². The van der Waals surface area contributed by atoms with Crippen LogP contribution in [0.5, 0.6) is 11.5 Å². The molecule has 2 saturated heterocycles. The van der Waals surface area contributed by atoms with Crippen LogP contribution in [0.4, 0.5) is 0 Å². The average molecular weight is 437 g/mol. The van der Waals surface area contributed by atoms with Crippen LogP contribution in [-0.2, 0) is 10.0 Å². The third-order valence-electron chi connectivity index (χ3n) is 5.66. The molecule has 2 aliphatic heterocycles. The van der Waals surface area contributed by atoms with Gasteiger partial charge in [0.2, 0.25) is 10.0 Å². The van der Waals surface area contributed by atoms with Crippen molar-refractivity contribution in [3.05, 3.63) is 53.6 Å². The molecule has 29 heavy (non-hydrogen) atoms. The van der Waals surface area contributed by atoms with Crippen molar-refractivity contribution in [3.63, 3.8) is 0 Å². The predicted octanol–water partition coefficient (Wildman–Crippen LogP) is 3.35. The second-order valence-electron chi connectivity index (χ2n) is 7.58. The number of benzene rings is 2. The summed E-state index contributed by atoms with van der Waals surface area (Å²) in [6, 6.07) is 13.9. The molecule has 2 fully saturated rings. The van der Waals surface area contributed by atoms with Crippen LogP contribution in [0.25, 0.3) is 0 Å². The summed E-state index contributed by atoms with van der Waals surface area (Å²) in [7, 11) is -3.53. The highest BCUT2D eigenvalue weighted by molar-refractivity contribution is 7.89. The summed E-state index contributed by atoms with van der Waals surface area (Å²) in [5.74, 6) is 1.06. The Morgan fingerprint density at radius 3 is 2.28 bits per heavy atom. The van der Waals surface area contributed by atoms with Crippen LogP contribution in [0, 0.1) is 0 Å². The van der Waals surface area contributed by atoms with Gasteiger partial charge in [-0.2, -0.15) is 4.31 Å². The molecule has 0 aromatic heterocycles. The molecule has 0 spiro atoms. The topological polar surface area (TPSA) is 70.1 Å². The fourth-order valence-corrected chi connectivity index (χ4v) is 5.67. The van der Waals surface area contributed by atoms with E-state index in [2.05, 4.69) is 4.90 Å². The third-order valence-corrected chi connectivity index (χ3v) is 7.89. The molecule has 6 nitrogen and oxygen atoms in total. The van der Waals surface area contributed by atoms with Gasteiger partial charge in [0.15, 0.2) is 0 Å². The number of aliphatic hydroxyl groups excluding tert-OH is 1. The summed E-state index contributed by atoms with van der Waals surface area (Å²) < 4.78 is 33.3. The Hall–Kier alpha value is -1.64. The second-order valence-corrected chi connectivity index (χ2v) is 9.92. The van der Waals surface area contributed by atoms with E-state index in [-0.39, 0.29) is 11.0 Å². The molecule has 0 amide bonds. The highest BCUT2D eigenvalue weighted by atomic mass is 35.5. The van der Waals surface area contributed by atoms with Gasteiger partial charge >= 0.3 is 0 Å². The fourth-order valence-electron chi connectivity index (χ4n) is 4.03. The number of sulfonamides is 1. The standard InChI is InChI=1S/C21H25ClN2O4S/c22-20-3-1-2-4-21(20)28-18-5-7-19(8-6-18)29(26,27)24-13-9-16(10-14-24)23-12-11-17(25)15-23/h1-8,16-17,25H,9-15H2/t17-/m0/s1. The Bertz CT molecular complexity index is 943. The molecule has 2 aliphatic rings. The van der Waals surface area contributed by atoms with Crippen molar-refractivity contribution in [3.8, 4) is 11.5 Å². The summed E-state index contributed by atoms with van der Waals surface area (Å²) in [5, 5.41) is 10.2. The van der Waals surface area contributed by atoms with Gasteiger partial charge in [0.1, 0.15) is 11.5 Å². The van der Waals surface area contributed by atoms with Crippen molar-refractivity contribution in [1.82, 2.24) is 9.21 Å². The number of hydrogen-bond donors (Lipinski definition) is 1. The number of para-hydroxylation sites is 1. The molecule has 8 heteroatoms. The number of β-amino-alcohol motifs (C(OH)–C–C–N with tert-alkyl or cyclic N) is 1. The van der Waals surface area contributed by atoms with Gasteiger partial charge in [-0.15, -0.1) is 0 Å². The summed E-state index contributed by atoms with van der Waals surface area (Å²) in [6.07, 6.45) is 2.14. The van der Waals surface area contributed by atoms with Crippen LogP contribution in [-0.4, -0.2) is 61.1 Å². The minimum Gasteiger partial charge on any atom is -0.456 e. The molecule has 2 heterocycles. The minimum absolute atomic E-state index is 0.247. The Kier molecular flexibility index (Phi) is 6.13. The first-order chi connectivity index (χ1) is 13.9. The van der Waals surface area contributed by atoms with E-state index in [1.165, 1.54) is 0 Å². The van der Waals surface area contributed by atoms with Gasteiger partial charge in [-0.25, -0.2) is 8.42 Å². The van der Waals surface area contributed by atoms with Crippen molar-refractivity contribution in [1.29, 1.82) is 0 Å². The van der Waals surface area contributed by atoms with E-state index in [9.17, 15) is 13.5 Å². The smallest absolute Gasteiger partial charge is 0.243 e. The maximum Gasteiger partial charge on any atom is 0.243 e. The molecule has 156 valence electrons. The van der Waals surface area contributed by atoms with Crippen LogP contribution in [0.2, 0.25) is 5.02 Å². The SMILES string of the molecule is O=S(=O)(c1ccc(Oc2ccccc2Cl)cc1)N1CCC(N2CC[C@H](O)C2)CC1. The molecule has 2 aromatic carbocycles. The van der Waals surface area contributed by atoms with Gasteiger partial charge in [0.05, 0.1) is 16.0 Å². The number of ether oxygens (including phenoxy) is 1. The molecule has 1 N–H and O–H groups in total. The molecular weight excluding hydrogens is 412 g/mol. The monoisotopic (exact) mass is 436 g/mol. The molecule has 0 saturated carbocycles. The van der Waals surface area contributed by atoms with Gasteiger partial charge in [0, 0.05) is 32.2 Å². The summed E-state index contributed by atoms with van der Waals surface area (Å²) in [4.78, 5) is 2.55. The predicted molar refractivity (Wildman–Crippen MR) is 112 cm³/mol. The van der Waals surface area contributed by atoms with E-state index in [0.717, 1.165) is 25.8 Å². The largest absolute Gasteiger partial charge is 0.456 e. The molecule has 0 unspecified atom stereocenters. The van der Waals surface area contributed by atoms with Crippen molar-refractivity contribution < 1.29 is 18.3 Å². The first-order valence-electron chi connectivity index (χ1n) is 9.88. The van der Waals surface area contributed by atoms with Gasteiger partial charge in [-0.05, 0) is 55.7 Å². The van der Waals surface area contributed by atoms with Crippen LogP contribution in [0.3, 0.4) is 0 Å². The van der Waals surface area contributed by atoms with Crippen LogP contribution in [0.1, 0.15) is 19.3 Å². The molecule has 4 rings (SSSR count). The van der Waals surface area contributed by atoms with Crippen molar-refractivity contribution in [2.75, 3.05) is 26.2 Å². The zero-order valence-electron chi connectivity index (χ0n) is 16.1. The van der Waals surface area contributed by atoms with Crippen LogP contribution in [0.15, 0.2) is 53.4 Å². The lowest BCUT2D eigenvalue weighted by molar-refractivity contribution is 0.132. The maximum atomic E-state index is 13.0. The Labute approximate surface area is 176 Å². The van der Waals surface area contributed by atoms with E-state index in [1.54, 1.807) is 40.7 Å². The fraction of sp³-hybridized carbons (Fsp3) is 0.429. The second kappa shape index (κ2) is 8.62. The Balaban J connectivity index is 1.39. The maximum absolute atomic E-state index is 13.0. The molecule has 0 radical (unpaired) electrons. The van der Waals surface area contributed by atoms with Gasteiger partial charge in [-0.3, -0.25) is 4.90 Å². The first-order valence-corrected chi connectivity index (χ1v) is 11.7. The number of rotatable bonds is 5. The third kappa shape index (κ3) is 4.59. The van der Waals surface area contributed by atoms with E-state index in [4.69, 9.17) is 16.3 Å². The molecule has 0 bridgehead atoms. The van der Waals surface area contributed by atoms with E-state index in [0.29, 0.717) is 42.2 Å². The number of hydrogen-bond acceptors (Lipinski definition) is 5. The van der Waals surface area contributed by atoms with E-state index in [1.807, 2.05) is 12.1 Å². The molecule has 2 aromatic rings. The van der Waals surface area contributed by atoms with Gasteiger partial charge < -0.3 is 9.84 Å². The lowest BCUT2D eigenvalue weighted by atomic mass is 10.1. The molecular formula is C21H25ClN2O4S. The normalized spacial score (nSPS) is 22.1. The summed E-state index contributed by atoms with van der Waals surface area (Å²) >= 11 is 6.10. The number of nitrogens with zero attached hydrogens (tertiary/aromatic N) is 2. The van der Waals surface area contributed by atoms with Crippen LogP contribution < -0.4 is 4.74 Å². The van der Waals surface area contributed by atoms with Gasteiger partial charge in [-0.1, -0.05) is 23.7 Å². The molecule has 1 atom stereocenters. The number of likely N-dealkylation sites (tertiary alicyclic amines) is 1. The minimum atomic E-state index is -3.53. The highest BCUT2D eigenvalue weighted by Crippen LogP contribution is 2.30. The highest BCUT2D eigenvalue weighted by Gasteiger charge is 2.34. The number of halogens is 1. The Morgan fingerprint density at radius 2 is 1.66 bits per heavy atom. The first kappa shape index (κ1) is 20.6. The lowest BCUT2D eigenvalue weighted by Gasteiger charge is -2.36. The molecule has 0 aliphatic carbocycles. The van der Waals surface area contributed by atoms with Gasteiger partial charge in [0.25, 0.3) is 0 Å². The Morgan fingerprint density at radius 1 is 0.966 bits per heavy atom. The quantitative estimate of drug-likeness (QED) is 0.778. The zero-order valence-corrected chi connectivity index (χ0v) is 17.6. The number of piperidine rings is 1. The van der Waals surface area contributed by atoms with Crippen molar-refractivity contribution in [2.24, 2.45) is 0 Å². The van der Waals surface area contributed by atoms with Crippen LogP contribution >= 0.6 is 11.6 Å². The number of aliphatic hydroxyl groups is 1. The lowest BCUT2D eigenvalue weighted by Crippen LogP contribution is -2.46. The average Bonchev–Trinajstić information content (AvgIpc) is 3.17. The van der Waals surface area contributed by atoms with E-state index >= 15 is 0 Å². The summed E-state index contributed by atoms with van der Waals surface area (Å²) in [5.41, 5.74) is 0.